The molecular formula is C10H13N3O3. The van der Waals surface area contributed by atoms with Gasteiger partial charge in [-0.1, -0.05) is 0 Å². The Morgan fingerprint density at radius 2 is 2.25 bits per heavy atom. The van der Waals surface area contributed by atoms with E-state index in [9.17, 15) is 9.59 Å². The molecule has 86 valence electrons. The highest BCUT2D eigenvalue weighted by Gasteiger charge is 2.08. The lowest BCUT2D eigenvalue weighted by Crippen LogP contribution is -2.24. The third-order valence-electron chi connectivity index (χ3n) is 1.78. The summed E-state index contributed by atoms with van der Waals surface area (Å²) in [5.74, 6) is -1.35. The minimum absolute atomic E-state index is 0.0265. The van der Waals surface area contributed by atoms with Gasteiger partial charge >= 0.3 is 5.97 Å². The first kappa shape index (κ1) is 12.1. The number of amides is 1. The van der Waals surface area contributed by atoms with Crippen molar-refractivity contribution in [1.82, 2.24) is 4.98 Å². The van der Waals surface area contributed by atoms with Gasteiger partial charge in [-0.05, 0) is 13.0 Å². The number of anilines is 1. The number of carboxylic acid groups (broad SMARTS) is 1. The zero-order valence-corrected chi connectivity index (χ0v) is 8.80. The van der Waals surface area contributed by atoms with Crippen LogP contribution in [0.25, 0.3) is 0 Å². The van der Waals surface area contributed by atoms with Crippen LogP contribution in [0.3, 0.4) is 0 Å². The largest absolute Gasteiger partial charge is 0.478 e. The molecule has 0 spiro atoms. The van der Waals surface area contributed by atoms with Gasteiger partial charge in [0.25, 0.3) is 0 Å². The maximum Gasteiger partial charge on any atom is 0.337 e. The lowest BCUT2D eigenvalue weighted by Gasteiger charge is -2.07. The predicted molar refractivity (Wildman–Crippen MR) is 58.1 cm³/mol. The van der Waals surface area contributed by atoms with Crippen molar-refractivity contribution in [3.8, 4) is 0 Å². The highest BCUT2D eigenvalue weighted by molar-refractivity contribution is 5.93. The van der Waals surface area contributed by atoms with Crippen LogP contribution >= 0.6 is 0 Å². The van der Waals surface area contributed by atoms with Crippen LogP contribution in [0.5, 0.6) is 0 Å². The molecule has 1 heterocycles. The van der Waals surface area contributed by atoms with Crippen LogP contribution in [-0.4, -0.2) is 28.0 Å². The molecule has 0 fully saturated rings. The number of hydrogen-bond donors (Lipinski definition) is 3. The third-order valence-corrected chi connectivity index (χ3v) is 1.78. The van der Waals surface area contributed by atoms with Gasteiger partial charge in [0.1, 0.15) is 0 Å². The Hall–Kier alpha value is -1.95. The molecule has 1 aromatic heterocycles. The number of pyridine rings is 1. The maximum absolute atomic E-state index is 11.3. The van der Waals surface area contributed by atoms with Gasteiger partial charge < -0.3 is 16.2 Å². The van der Waals surface area contributed by atoms with Crippen molar-refractivity contribution in [2.24, 2.45) is 5.73 Å². The molecule has 1 amide bonds. The third kappa shape index (κ3) is 3.66. The fourth-order valence-electron chi connectivity index (χ4n) is 1.13. The zero-order chi connectivity index (χ0) is 12.1. The van der Waals surface area contributed by atoms with Crippen LogP contribution in [0.2, 0.25) is 0 Å². The minimum Gasteiger partial charge on any atom is -0.478 e. The molecule has 1 rings (SSSR count). The molecule has 1 unspecified atom stereocenters. The van der Waals surface area contributed by atoms with Gasteiger partial charge in [0.2, 0.25) is 5.91 Å². The van der Waals surface area contributed by atoms with Gasteiger partial charge in [-0.15, -0.1) is 0 Å². The summed E-state index contributed by atoms with van der Waals surface area (Å²) in [7, 11) is 0. The first-order chi connectivity index (χ1) is 7.49. The molecule has 6 nitrogen and oxygen atoms in total. The summed E-state index contributed by atoms with van der Waals surface area (Å²) in [6.45, 7) is 1.71. The molecule has 6 heteroatoms. The van der Waals surface area contributed by atoms with E-state index in [1.807, 2.05) is 0 Å². The van der Waals surface area contributed by atoms with Gasteiger partial charge in [-0.3, -0.25) is 9.78 Å². The summed E-state index contributed by atoms with van der Waals surface area (Å²) in [6, 6.07) is 1.10. The van der Waals surface area contributed by atoms with Gasteiger partial charge in [0.05, 0.1) is 17.4 Å². The summed E-state index contributed by atoms with van der Waals surface area (Å²) in [6.07, 6.45) is 2.77. The molecule has 0 aliphatic rings. The SMILES string of the molecule is CC(N)CC(=O)Nc1cncc(C(=O)O)c1. The normalized spacial score (nSPS) is 11.9. The summed E-state index contributed by atoms with van der Waals surface area (Å²) in [5, 5.41) is 11.2. The Balaban J connectivity index is 2.70. The van der Waals surface area contributed by atoms with Crippen LogP contribution in [0.4, 0.5) is 5.69 Å². The molecule has 0 aliphatic heterocycles. The number of carboxylic acids is 1. The summed E-state index contributed by atoms with van der Waals surface area (Å²) >= 11 is 0. The summed E-state index contributed by atoms with van der Waals surface area (Å²) in [4.78, 5) is 25.7. The van der Waals surface area contributed by atoms with E-state index < -0.39 is 5.97 Å². The molecule has 0 radical (unpaired) electrons. The Bertz CT molecular complexity index is 404. The second kappa shape index (κ2) is 5.22. The summed E-state index contributed by atoms with van der Waals surface area (Å²) in [5.41, 5.74) is 5.83. The Morgan fingerprint density at radius 3 is 2.81 bits per heavy atom. The quantitative estimate of drug-likeness (QED) is 0.687. The van der Waals surface area contributed by atoms with Crippen LogP contribution in [0, 0.1) is 0 Å². The number of carbonyl (C=O) groups is 2. The fraction of sp³-hybridized carbons (Fsp3) is 0.300. The number of rotatable bonds is 4. The molecule has 16 heavy (non-hydrogen) atoms. The first-order valence-electron chi connectivity index (χ1n) is 4.73. The lowest BCUT2D eigenvalue weighted by atomic mass is 10.2. The predicted octanol–water partition coefficient (Wildman–Crippen LogP) is 0.456. The zero-order valence-electron chi connectivity index (χ0n) is 8.80. The number of carbonyl (C=O) groups excluding carboxylic acids is 1. The van der Waals surface area contributed by atoms with E-state index in [0.29, 0.717) is 5.69 Å². The van der Waals surface area contributed by atoms with Crippen molar-refractivity contribution in [2.75, 3.05) is 5.32 Å². The topological polar surface area (TPSA) is 105 Å². The lowest BCUT2D eigenvalue weighted by molar-refractivity contribution is -0.116. The van der Waals surface area contributed by atoms with Crippen LogP contribution in [-0.2, 0) is 4.79 Å². The summed E-state index contributed by atoms with van der Waals surface area (Å²) < 4.78 is 0. The van der Waals surface area contributed by atoms with Gasteiger partial charge in [-0.25, -0.2) is 4.79 Å². The molecular weight excluding hydrogens is 210 g/mol. The number of aromatic carboxylic acids is 1. The second-order valence-corrected chi connectivity index (χ2v) is 3.50. The van der Waals surface area contributed by atoms with E-state index in [-0.39, 0.29) is 23.9 Å². The Morgan fingerprint density at radius 1 is 1.56 bits per heavy atom. The highest BCUT2D eigenvalue weighted by atomic mass is 16.4. The Labute approximate surface area is 92.5 Å². The van der Waals surface area contributed by atoms with Crippen LogP contribution in [0.15, 0.2) is 18.5 Å². The van der Waals surface area contributed by atoms with Gasteiger partial charge in [-0.2, -0.15) is 0 Å². The number of nitrogens with two attached hydrogens (primary N) is 1. The van der Waals surface area contributed by atoms with Gasteiger partial charge in [0.15, 0.2) is 0 Å². The van der Waals surface area contributed by atoms with E-state index >= 15 is 0 Å². The van der Waals surface area contributed by atoms with E-state index in [1.54, 1.807) is 6.92 Å². The average Bonchev–Trinajstić information content (AvgIpc) is 2.16. The molecule has 0 aromatic carbocycles. The van der Waals surface area contributed by atoms with E-state index in [4.69, 9.17) is 10.8 Å². The molecule has 0 saturated heterocycles. The first-order valence-corrected chi connectivity index (χ1v) is 4.73. The molecule has 1 aromatic rings. The monoisotopic (exact) mass is 223 g/mol. The van der Waals surface area contributed by atoms with E-state index in [1.165, 1.54) is 18.5 Å². The van der Waals surface area contributed by atoms with Crippen LogP contribution < -0.4 is 11.1 Å². The van der Waals surface area contributed by atoms with Crippen molar-refractivity contribution in [3.63, 3.8) is 0 Å². The molecule has 0 aliphatic carbocycles. The molecule has 4 N–H and O–H groups in total. The fourth-order valence-corrected chi connectivity index (χ4v) is 1.13. The Kier molecular flexibility index (Phi) is 3.96. The van der Waals surface area contributed by atoms with Crippen molar-refractivity contribution >= 4 is 17.6 Å². The van der Waals surface area contributed by atoms with Crippen molar-refractivity contribution in [1.29, 1.82) is 0 Å². The molecule has 0 bridgehead atoms. The molecule has 1 atom stereocenters. The van der Waals surface area contributed by atoms with E-state index in [0.717, 1.165) is 0 Å². The van der Waals surface area contributed by atoms with Crippen molar-refractivity contribution < 1.29 is 14.7 Å². The standard InChI is InChI=1S/C10H13N3O3/c1-6(11)2-9(14)13-8-3-7(10(15)16)4-12-5-8/h3-6H,2,11H2,1H3,(H,13,14)(H,15,16). The number of hydrogen-bond acceptors (Lipinski definition) is 4. The number of nitrogens with zero attached hydrogens (tertiary/aromatic N) is 1. The highest BCUT2D eigenvalue weighted by Crippen LogP contribution is 2.08. The minimum atomic E-state index is -1.09. The van der Waals surface area contributed by atoms with Gasteiger partial charge in [0, 0.05) is 18.7 Å². The average molecular weight is 223 g/mol. The van der Waals surface area contributed by atoms with Crippen molar-refractivity contribution in [2.45, 2.75) is 19.4 Å². The van der Waals surface area contributed by atoms with E-state index in [2.05, 4.69) is 10.3 Å². The van der Waals surface area contributed by atoms with Crippen molar-refractivity contribution in [3.05, 3.63) is 24.0 Å². The maximum atomic E-state index is 11.3. The van der Waals surface area contributed by atoms with Crippen LogP contribution in [0.1, 0.15) is 23.7 Å². The molecule has 0 saturated carbocycles. The number of nitrogens with one attached hydrogen (secondary N) is 1. The second-order valence-electron chi connectivity index (χ2n) is 3.50. The number of aromatic nitrogens is 1. The smallest absolute Gasteiger partial charge is 0.337 e.